The molecule has 0 radical (unpaired) electrons. The molecule has 1 aromatic rings. The van der Waals surface area contributed by atoms with Crippen LogP contribution in [-0.2, 0) is 16.6 Å². The molecular weight excluding hydrogens is 226 g/mol. The average molecular weight is 243 g/mol. The lowest BCUT2D eigenvalue weighted by Gasteiger charge is -2.25. The van der Waals surface area contributed by atoms with Gasteiger partial charge in [-0.15, -0.1) is 5.10 Å². The van der Waals surface area contributed by atoms with Crippen molar-refractivity contribution in [2.75, 3.05) is 0 Å². The van der Waals surface area contributed by atoms with Gasteiger partial charge in [-0.3, -0.25) is 4.79 Å². The van der Waals surface area contributed by atoms with Gasteiger partial charge in [0.15, 0.2) is 5.82 Å². The molecule has 0 spiro atoms. The van der Waals surface area contributed by atoms with E-state index in [4.69, 9.17) is 5.73 Å². The molecule has 6 nitrogen and oxygen atoms in total. The van der Waals surface area contributed by atoms with Crippen molar-refractivity contribution in [3.05, 3.63) is 5.82 Å². The van der Waals surface area contributed by atoms with E-state index in [0.717, 1.165) is 19.3 Å². The molecule has 1 atom stereocenters. The number of primary amides is 1. The third-order valence-corrected chi connectivity index (χ3v) is 3.03. The number of hydrogen-bond donors (Lipinski definition) is 2. The zero-order valence-electron chi connectivity index (χ0n) is 9.55. The monoisotopic (exact) mass is 243 g/mol. The SMILES string of the molecule is CCCCC(S)(CC(N)=O)c1nnnn1C. The smallest absolute Gasteiger partial charge is 0.219 e. The van der Waals surface area contributed by atoms with Gasteiger partial charge < -0.3 is 5.73 Å². The van der Waals surface area contributed by atoms with Crippen LogP contribution < -0.4 is 5.73 Å². The lowest BCUT2D eigenvalue weighted by Crippen LogP contribution is -2.30. The van der Waals surface area contributed by atoms with E-state index in [1.54, 1.807) is 7.05 Å². The number of carbonyl (C=O) groups excluding carboxylic acids is 1. The minimum Gasteiger partial charge on any atom is -0.370 e. The van der Waals surface area contributed by atoms with Gasteiger partial charge in [0.25, 0.3) is 0 Å². The Morgan fingerprint density at radius 3 is 2.75 bits per heavy atom. The molecule has 0 saturated heterocycles. The van der Waals surface area contributed by atoms with Crippen molar-refractivity contribution in [1.29, 1.82) is 0 Å². The molecule has 7 heteroatoms. The predicted octanol–water partition coefficient (Wildman–Crippen LogP) is 0.401. The molecule has 0 saturated carbocycles. The van der Waals surface area contributed by atoms with Gasteiger partial charge in [-0.25, -0.2) is 4.68 Å². The number of nitrogens with zero attached hydrogens (tertiary/aromatic N) is 4. The maximum absolute atomic E-state index is 11.1. The highest BCUT2D eigenvalue weighted by molar-refractivity contribution is 7.81. The molecule has 0 aliphatic carbocycles. The topological polar surface area (TPSA) is 86.7 Å². The van der Waals surface area contributed by atoms with Crippen molar-refractivity contribution in [3.8, 4) is 0 Å². The lowest BCUT2D eigenvalue weighted by atomic mass is 9.96. The van der Waals surface area contributed by atoms with Crippen LogP contribution in [0.15, 0.2) is 0 Å². The Hall–Kier alpha value is -1.11. The fourth-order valence-corrected chi connectivity index (χ4v) is 2.16. The van der Waals surface area contributed by atoms with Crippen molar-refractivity contribution in [3.63, 3.8) is 0 Å². The maximum atomic E-state index is 11.1. The van der Waals surface area contributed by atoms with E-state index in [1.807, 2.05) is 0 Å². The molecule has 0 aromatic carbocycles. The van der Waals surface area contributed by atoms with Crippen LogP contribution in [0.1, 0.15) is 38.4 Å². The molecule has 1 unspecified atom stereocenters. The number of tetrazole rings is 1. The highest BCUT2D eigenvalue weighted by Gasteiger charge is 2.34. The van der Waals surface area contributed by atoms with Gasteiger partial charge in [-0.1, -0.05) is 19.8 Å². The van der Waals surface area contributed by atoms with E-state index >= 15 is 0 Å². The van der Waals surface area contributed by atoms with E-state index in [1.165, 1.54) is 4.68 Å². The van der Waals surface area contributed by atoms with Gasteiger partial charge in [0.05, 0.1) is 4.75 Å². The largest absolute Gasteiger partial charge is 0.370 e. The molecule has 1 heterocycles. The second kappa shape index (κ2) is 5.29. The van der Waals surface area contributed by atoms with Crippen LogP contribution in [-0.4, -0.2) is 26.1 Å². The van der Waals surface area contributed by atoms with Gasteiger partial charge in [0, 0.05) is 13.5 Å². The second-order valence-electron chi connectivity index (χ2n) is 3.90. The lowest BCUT2D eigenvalue weighted by molar-refractivity contribution is -0.118. The van der Waals surface area contributed by atoms with Crippen LogP contribution in [0.2, 0.25) is 0 Å². The minimum absolute atomic E-state index is 0.143. The number of thiol groups is 1. The van der Waals surface area contributed by atoms with Gasteiger partial charge in [-0.05, 0) is 16.8 Å². The first-order valence-corrected chi connectivity index (χ1v) is 5.68. The summed E-state index contributed by atoms with van der Waals surface area (Å²) >= 11 is 4.55. The zero-order chi connectivity index (χ0) is 12.2. The highest BCUT2D eigenvalue weighted by atomic mass is 32.1. The first-order chi connectivity index (χ1) is 7.49. The van der Waals surface area contributed by atoms with Crippen LogP contribution in [0, 0.1) is 0 Å². The second-order valence-corrected chi connectivity index (χ2v) is 4.76. The molecule has 0 aliphatic heterocycles. The summed E-state index contributed by atoms with van der Waals surface area (Å²) in [6.07, 6.45) is 2.84. The molecule has 1 amide bonds. The van der Waals surface area contributed by atoms with E-state index < -0.39 is 10.7 Å². The predicted molar refractivity (Wildman–Crippen MR) is 62.8 cm³/mol. The van der Waals surface area contributed by atoms with Crippen molar-refractivity contribution in [2.45, 2.75) is 37.4 Å². The van der Waals surface area contributed by atoms with Crippen molar-refractivity contribution in [2.24, 2.45) is 12.8 Å². The number of nitrogens with two attached hydrogens (primary N) is 1. The fraction of sp³-hybridized carbons (Fsp3) is 0.778. The Morgan fingerprint density at radius 2 is 2.31 bits per heavy atom. The third-order valence-electron chi connectivity index (χ3n) is 2.45. The summed E-state index contributed by atoms with van der Waals surface area (Å²) in [5, 5.41) is 11.2. The molecule has 1 rings (SSSR count). The quantitative estimate of drug-likeness (QED) is 0.708. The van der Waals surface area contributed by atoms with Crippen molar-refractivity contribution >= 4 is 18.5 Å². The number of unbranched alkanes of at least 4 members (excludes halogenated alkanes) is 1. The normalized spacial score (nSPS) is 14.7. The summed E-state index contributed by atoms with van der Waals surface area (Å²) in [5.41, 5.74) is 5.24. The minimum atomic E-state index is -0.667. The molecule has 2 N–H and O–H groups in total. The molecule has 0 aliphatic rings. The van der Waals surface area contributed by atoms with Gasteiger partial charge in [0.1, 0.15) is 0 Å². The Balaban J connectivity index is 2.94. The van der Waals surface area contributed by atoms with Crippen LogP contribution in [0.4, 0.5) is 0 Å². The Labute approximate surface area is 100.0 Å². The molecular formula is C9H17N5OS. The summed E-state index contributed by atoms with van der Waals surface area (Å²) < 4.78 is 0.867. The van der Waals surface area contributed by atoms with E-state index in [9.17, 15) is 4.79 Å². The Bertz CT molecular complexity index is 367. The zero-order valence-corrected chi connectivity index (χ0v) is 10.4. The summed E-state index contributed by atoms with van der Waals surface area (Å²) in [5.74, 6) is 0.192. The number of rotatable bonds is 6. The third kappa shape index (κ3) is 2.94. The number of aromatic nitrogens is 4. The van der Waals surface area contributed by atoms with Gasteiger partial charge in [0.2, 0.25) is 5.91 Å². The fourth-order valence-electron chi connectivity index (χ4n) is 1.66. The summed E-state index contributed by atoms with van der Waals surface area (Å²) in [6, 6.07) is 0. The van der Waals surface area contributed by atoms with E-state index in [0.29, 0.717) is 5.82 Å². The number of carbonyl (C=O) groups is 1. The van der Waals surface area contributed by atoms with E-state index in [2.05, 4.69) is 35.1 Å². The number of aryl methyl sites for hydroxylation is 1. The maximum Gasteiger partial charge on any atom is 0.219 e. The van der Waals surface area contributed by atoms with Gasteiger partial charge in [-0.2, -0.15) is 12.6 Å². The molecule has 0 fully saturated rings. The average Bonchev–Trinajstić information content (AvgIpc) is 2.61. The van der Waals surface area contributed by atoms with Crippen LogP contribution in [0.3, 0.4) is 0 Å². The molecule has 1 aromatic heterocycles. The summed E-state index contributed by atoms with van der Waals surface area (Å²) in [4.78, 5) is 11.1. The van der Waals surface area contributed by atoms with Crippen LogP contribution >= 0.6 is 12.6 Å². The Kier molecular flexibility index (Phi) is 4.28. The number of amides is 1. The number of hydrogen-bond acceptors (Lipinski definition) is 5. The first-order valence-electron chi connectivity index (χ1n) is 5.23. The first kappa shape index (κ1) is 13.0. The highest BCUT2D eigenvalue weighted by Crippen LogP contribution is 2.35. The van der Waals surface area contributed by atoms with Gasteiger partial charge >= 0.3 is 0 Å². The van der Waals surface area contributed by atoms with Crippen molar-refractivity contribution < 1.29 is 4.79 Å². The van der Waals surface area contributed by atoms with Crippen LogP contribution in [0.25, 0.3) is 0 Å². The Morgan fingerprint density at radius 1 is 1.62 bits per heavy atom. The standard InChI is InChI=1S/C9H17N5OS/c1-3-4-5-9(16,6-7(10)15)8-11-12-13-14(8)2/h16H,3-6H2,1-2H3,(H2,10,15). The molecule has 90 valence electrons. The van der Waals surface area contributed by atoms with Crippen LogP contribution in [0.5, 0.6) is 0 Å². The van der Waals surface area contributed by atoms with Crippen molar-refractivity contribution in [1.82, 2.24) is 20.2 Å². The molecule has 16 heavy (non-hydrogen) atoms. The summed E-state index contributed by atoms with van der Waals surface area (Å²) in [6.45, 7) is 2.08. The van der Waals surface area contributed by atoms with E-state index in [-0.39, 0.29) is 6.42 Å². The summed E-state index contributed by atoms with van der Waals surface area (Å²) in [7, 11) is 1.73. The molecule has 0 bridgehead atoms.